The summed E-state index contributed by atoms with van der Waals surface area (Å²) in [4.78, 5) is 80.7. The lowest BCUT2D eigenvalue weighted by molar-refractivity contribution is -0.138. The van der Waals surface area contributed by atoms with Gasteiger partial charge in [-0.05, 0) is 51.7 Å². The third kappa shape index (κ3) is 7.04. The summed E-state index contributed by atoms with van der Waals surface area (Å²) in [6.07, 6.45) is 0.886. The zero-order valence-electron chi connectivity index (χ0n) is 24.8. The number of hydrogen-bond acceptors (Lipinski definition) is 9. The minimum atomic E-state index is -1.02. The molecule has 4 heterocycles. The van der Waals surface area contributed by atoms with Gasteiger partial charge in [0, 0.05) is 45.2 Å². The van der Waals surface area contributed by atoms with E-state index in [9.17, 15) is 28.8 Å². The van der Waals surface area contributed by atoms with E-state index < -0.39 is 41.4 Å². The number of imide groups is 2. The SMILES string of the molecule is CC(C)(C)OC(=O)NC1CCN(C(=O)C[C@H]2CN(Cc3cccc4c3C(=O)N(C3CCC(=O)NC3=O)C4=O)CCO2)CC1. The van der Waals surface area contributed by atoms with Crippen LogP contribution >= 0.6 is 0 Å². The Bertz CT molecular complexity index is 1320. The minimum absolute atomic E-state index is 0.0103. The van der Waals surface area contributed by atoms with Crippen LogP contribution in [0.2, 0.25) is 0 Å². The second-order valence-electron chi connectivity index (χ2n) is 12.5. The van der Waals surface area contributed by atoms with Crippen LogP contribution in [0.5, 0.6) is 0 Å². The fourth-order valence-corrected chi connectivity index (χ4v) is 6.08. The summed E-state index contributed by atoms with van der Waals surface area (Å²) in [6, 6.07) is 4.03. The molecule has 0 radical (unpaired) electrons. The van der Waals surface area contributed by atoms with Gasteiger partial charge in [-0.2, -0.15) is 0 Å². The van der Waals surface area contributed by atoms with Gasteiger partial charge < -0.3 is 19.7 Å². The van der Waals surface area contributed by atoms with Crippen LogP contribution in [0.4, 0.5) is 4.79 Å². The second kappa shape index (κ2) is 12.4. The number of carbonyl (C=O) groups is 6. The molecule has 1 aromatic carbocycles. The molecule has 13 nitrogen and oxygen atoms in total. The topological polar surface area (TPSA) is 155 Å². The Hall–Kier alpha value is -3.84. The molecule has 1 aromatic rings. The number of ether oxygens (including phenoxy) is 2. The van der Waals surface area contributed by atoms with E-state index in [4.69, 9.17) is 9.47 Å². The smallest absolute Gasteiger partial charge is 0.407 e. The van der Waals surface area contributed by atoms with Crippen molar-refractivity contribution in [1.29, 1.82) is 0 Å². The van der Waals surface area contributed by atoms with Gasteiger partial charge in [-0.1, -0.05) is 12.1 Å². The number of hydrogen-bond donors (Lipinski definition) is 2. The molecule has 0 saturated carbocycles. The fourth-order valence-electron chi connectivity index (χ4n) is 6.08. The van der Waals surface area contributed by atoms with E-state index in [1.165, 1.54) is 0 Å². The molecule has 13 heteroatoms. The first-order valence-electron chi connectivity index (χ1n) is 14.8. The lowest BCUT2D eigenvalue weighted by atomic mass is 10.0. The first-order valence-corrected chi connectivity index (χ1v) is 14.8. The molecule has 0 bridgehead atoms. The number of fused-ring (bicyclic) bond motifs is 1. The molecule has 43 heavy (non-hydrogen) atoms. The van der Waals surface area contributed by atoms with Gasteiger partial charge >= 0.3 is 6.09 Å². The minimum Gasteiger partial charge on any atom is -0.444 e. The molecule has 6 amide bonds. The van der Waals surface area contributed by atoms with E-state index in [0.717, 1.165) is 4.90 Å². The largest absolute Gasteiger partial charge is 0.444 e. The highest BCUT2D eigenvalue weighted by Crippen LogP contribution is 2.31. The maximum Gasteiger partial charge on any atom is 0.407 e. The quantitative estimate of drug-likeness (QED) is 0.460. The third-order valence-electron chi connectivity index (χ3n) is 8.14. The van der Waals surface area contributed by atoms with E-state index in [-0.39, 0.29) is 48.4 Å². The number of likely N-dealkylation sites (tertiary alicyclic amines) is 1. The van der Waals surface area contributed by atoms with Crippen molar-refractivity contribution in [3.8, 4) is 0 Å². The highest BCUT2D eigenvalue weighted by Gasteiger charge is 2.45. The summed E-state index contributed by atoms with van der Waals surface area (Å²) < 4.78 is 11.2. The van der Waals surface area contributed by atoms with Crippen molar-refractivity contribution in [1.82, 2.24) is 25.3 Å². The van der Waals surface area contributed by atoms with Gasteiger partial charge in [0.25, 0.3) is 11.8 Å². The molecule has 0 aromatic heterocycles. The summed E-state index contributed by atoms with van der Waals surface area (Å²) in [5.74, 6) is -2.14. The Balaban J connectivity index is 1.15. The summed E-state index contributed by atoms with van der Waals surface area (Å²) in [5, 5.41) is 5.10. The highest BCUT2D eigenvalue weighted by atomic mass is 16.6. The molecule has 3 fully saturated rings. The van der Waals surface area contributed by atoms with Gasteiger partial charge in [-0.15, -0.1) is 0 Å². The number of benzene rings is 1. The maximum absolute atomic E-state index is 13.4. The van der Waals surface area contributed by atoms with Gasteiger partial charge in [-0.3, -0.25) is 39.1 Å². The van der Waals surface area contributed by atoms with Crippen LogP contribution in [0.25, 0.3) is 0 Å². The van der Waals surface area contributed by atoms with Gasteiger partial charge in [0.05, 0.1) is 30.3 Å². The predicted molar refractivity (Wildman–Crippen MR) is 152 cm³/mol. The zero-order valence-corrected chi connectivity index (χ0v) is 24.8. The third-order valence-corrected chi connectivity index (χ3v) is 8.14. The molecule has 232 valence electrons. The Morgan fingerprint density at radius 2 is 1.79 bits per heavy atom. The van der Waals surface area contributed by atoms with Crippen molar-refractivity contribution in [2.75, 3.05) is 32.8 Å². The van der Waals surface area contributed by atoms with Gasteiger partial charge in [-0.25, -0.2) is 4.79 Å². The van der Waals surface area contributed by atoms with E-state index in [1.54, 1.807) is 23.1 Å². The van der Waals surface area contributed by atoms with Crippen molar-refractivity contribution in [2.45, 2.75) is 83.2 Å². The van der Waals surface area contributed by atoms with Crippen molar-refractivity contribution in [3.05, 3.63) is 34.9 Å². The Kier molecular flexibility index (Phi) is 8.84. The summed E-state index contributed by atoms with van der Waals surface area (Å²) in [6.45, 7) is 8.37. The molecule has 2 N–H and O–H groups in total. The van der Waals surface area contributed by atoms with Crippen molar-refractivity contribution in [3.63, 3.8) is 0 Å². The van der Waals surface area contributed by atoms with Crippen LogP contribution in [-0.4, -0.2) is 107 Å². The van der Waals surface area contributed by atoms with Gasteiger partial charge in [0.15, 0.2) is 0 Å². The maximum atomic E-state index is 13.4. The molecule has 5 rings (SSSR count). The average molecular weight is 598 g/mol. The number of rotatable bonds is 6. The van der Waals surface area contributed by atoms with Crippen molar-refractivity contribution >= 4 is 35.6 Å². The number of carbonyl (C=O) groups excluding carboxylic acids is 6. The molecule has 3 saturated heterocycles. The normalized spacial score (nSPS) is 23.7. The number of amides is 6. The molecular formula is C30H39N5O8. The Labute approximate surface area is 250 Å². The highest BCUT2D eigenvalue weighted by molar-refractivity contribution is 6.24. The number of nitrogens with zero attached hydrogens (tertiary/aromatic N) is 3. The lowest BCUT2D eigenvalue weighted by Gasteiger charge is -2.36. The lowest BCUT2D eigenvalue weighted by Crippen LogP contribution is -2.54. The van der Waals surface area contributed by atoms with Crippen LogP contribution in [0.15, 0.2) is 18.2 Å². The van der Waals surface area contributed by atoms with Crippen LogP contribution < -0.4 is 10.6 Å². The number of piperidine rings is 2. The van der Waals surface area contributed by atoms with Crippen LogP contribution in [-0.2, 0) is 30.4 Å². The van der Waals surface area contributed by atoms with Gasteiger partial charge in [0.2, 0.25) is 17.7 Å². The molecule has 4 aliphatic rings. The van der Waals surface area contributed by atoms with Gasteiger partial charge in [0.1, 0.15) is 11.6 Å². The first kappa shape index (κ1) is 30.6. The number of alkyl carbamates (subject to hydrolysis) is 1. The molecule has 4 aliphatic heterocycles. The van der Waals surface area contributed by atoms with Crippen molar-refractivity contribution in [2.24, 2.45) is 0 Å². The number of morpholine rings is 1. The summed E-state index contributed by atoms with van der Waals surface area (Å²) >= 11 is 0. The Morgan fingerprint density at radius 1 is 1.05 bits per heavy atom. The standard InChI is InChI=1S/C30H39N5O8/c1-30(2,3)43-29(41)31-19-9-11-34(12-10-19)24(37)15-20-17-33(13-14-42-20)16-18-5-4-6-21-25(18)28(40)35(27(21)39)22-7-8-23(36)32-26(22)38/h4-6,19-20,22H,7-17H2,1-3H3,(H,31,41)(H,32,36,38)/t20-,22?/m0/s1. The molecule has 2 atom stereocenters. The predicted octanol–water partition coefficient (Wildman–Crippen LogP) is 1.19. The van der Waals surface area contributed by atoms with E-state index in [2.05, 4.69) is 15.5 Å². The monoisotopic (exact) mass is 597 g/mol. The van der Waals surface area contributed by atoms with Crippen LogP contribution in [0.1, 0.15) is 79.2 Å². The van der Waals surface area contributed by atoms with Crippen molar-refractivity contribution < 1.29 is 38.2 Å². The summed E-state index contributed by atoms with van der Waals surface area (Å²) in [5.41, 5.74) is 0.617. The Morgan fingerprint density at radius 3 is 2.49 bits per heavy atom. The van der Waals surface area contributed by atoms with E-state index in [1.807, 2.05) is 20.8 Å². The molecular weight excluding hydrogens is 558 g/mol. The van der Waals surface area contributed by atoms with E-state index in [0.29, 0.717) is 57.7 Å². The van der Waals surface area contributed by atoms with E-state index >= 15 is 0 Å². The zero-order chi connectivity index (χ0) is 30.9. The fraction of sp³-hybridized carbons (Fsp3) is 0.600. The average Bonchev–Trinajstić information content (AvgIpc) is 3.18. The molecule has 0 spiro atoms. The molecule has 1 unspecified atom stereocenters. The molecule has 0 aliphatic carbocycles. The summed E-state index contributed by atoms with van der Waals surface area (Å²) in [7, 11) is 0. The first-order chi connectivity index (χ1) is 20.4. The van der Waals surface area contributed by atoms with Crippen LogP contribution in [0, 0.1) is 0 Å². The van der Waals surface area contributed by atoms with Crippen LogP contribution in [0.3, 0.4) is 0 Å². The second-order valence-corrected chi connectivity index (χ2v) is 12.5. The number of nitrogens with one attached hydrogen (secondary N) is 2.